The normalized spacial score (nSPS) is 12.1. The monoisotopic (exact) mass is 647 g/mol. The lowest BCUT2D eigenvalue weighted by atomic mass is 10.1. The van der Waals surface area contributed by atoms with E-state index in [1.54, 1.807) is 31.2 Å². The van der Waals surface area contributed by atoms with E-state index in [0.717, 1.165) is 9.87 Å². The molecule has 0 heterocycles. The quantitative estimate of drug-likeness (QED) is 0.283. The van der Waals surface area contributed by atoms with E-state index < -0.39 is 34.3 Å². The van der Waals surface area contributed by atoms with E-state index in [4.69, 9.17) is 4.74 Å². The first-order valence-corrected chi connectivity index (χ1v) is 15.4. The van der Waals surface area contributed by atoms with E-state index in [-0.39, 0.29) is 35.5 Å². The Kier molecular flexibility index (Phi) is 10.9. The number of rotatable bonds is 12. The van der Waals surface area contributed by atoms with E-state index >= 15 is 0 Å². The number of hydrogen-bond donors (Lipinski definition) is 1. The van der Waals surface area contributed by atoms with Crippen LogP contribution in [0, 0.1) is 12.7 Å². The number of halogens is 2. The van der Waals surface area contributed by atoms with Crippen LogP contribution in [0.5, 0.6) is 5.75 Å². The van der Waals surface area contributed by atoms with Gasteiger partial charge in [0.2, 0.25) is 11.8 Å². The van der Waals surface area contributed by atoms with E-state index in [2.05, 4.69) is 21.2 Å². The summed E-state index contributed by atoms with van der Waals surface area (Å²) in [4.78, 5) is 28.5. The SMILES string of the molecule is CC[C@H](C(=O)NC(C)C)N(Cc1ccc(F)cc1)C(=O)CN(c1ccc(C)cc1)S(=O)(=O)c1ccc(OC)c(Br)c1. The predicted molar refractivity (Wildman–Crippen MR) is 161 cm³/mol. The van der Waals surface area contributed by atoms with Gasteiger partial charge < -0.3 is 15.0 Å². The first kappa shape index (κ1) is 32.1. The number of nitrogens with zero attached hydrogens (tertiary/aromatic N) is 2. The van der Waals surface area contributed by atoms with Crippen molar-refractivity contribution in [2.75, 3.05) is 18.0 Å². The summed E-state index contributed by atoms with van der Waals surface area (Å²) in [6.07, 6.45) is 0.286. The van der Waals surface area contributed by atoms with Gasteiger partial charge in [-0.25, -0.2) is 12.8 Å². The van der Waals surface area contributed by atoms with Gasteiger partial charge in [-0.3, -0.25) is 13.9 Å². The molecule has 41 heavy (non-hydrogen) atoms. The van der Waals surface area contributed by atoms with Crippen molar-refractivity contribution in [3.8, 4) is 5.75 Å². The van der Waals surface area contributed by atoms with Crippen molar-refractivity contribution in [2.24, 2.45) is 0 Å². The molecule has 0 aromatic heterocycles. The molecule has 0 aliphatic carbocycles. The maximum Gasteiger partial charge on any atom is 0.264 e. The van der Waals surface area contributed by atoms with Crippen LogP contribution in [-0.2, 0) is 26.2 Å². The standard InChI is InChI=1S/C30H35BrFN3O5S/c1-6-27(30(37)33-20(2)3)34(18-22-9-11-23(32)12-10-22)29(36)19-35(24-13-7-21(4)8-14-24)41(38,39)25-15-16-28(40-5)26(31)17-25/h7-17,20,27H,6,18-19H2,1-5H3,(H,33,37)/t27-/m1/s1. The fraction of sp³-hybridized carbons (Fsp3) is 0.333. The molecule has 3 rings (SSSR count). The zero-order valence-electron chi connectivity index (χ0n) is 23.7. The van der Waals surface area contributed by atoms with Crippen LogP contribution in [-0.4, -0.2) is 50.9 Å². The maximum absolute atomic E-state index is 14.0. The minimum Gasteiger partial charge on any atom is -0.496 e. The summed E-state index contributed by atoms with van der Waals surface area (Å²) >= 11 is 3.34. The van der Waals surface area contributed by atoms with Gasteiger partial charge >= 0.3 is 0 Å². The summed E-state index contributed by atoms with van der Waals surface area (Å²) in [7, 11) is -2.77. The fourth-order valence-corrected chi connectivity index (χ4v) is 6.39. The van der Waals surface area contributed by atoms with Gasteiger partial charge in [-0.1, -0.05) is 36.8 Å². The first-order chi connectivity index (χ1) is 19.4. The highest BCUT2D eigenvalue weighted by molar-refractivity contribution is 9.10. The van der Waals surface area contributed by atoms with Crippen LogP contribution in [0.3, 0.4) is 0 Å². The number of anilines is 1. The molecule has 0 aliphatic heterocycles. The third kappa shape index (κ3) is 8.07. The second-order valence-electron chi connectivity index (χ2n) is 9.88. The third-order valence-electron chi connectivity index (χ3n) is 6.40. The summed E-state index contributed by atoms with van der Waals surface area (Å²) in [6, 6.07) is 15.7. The maximum atomic E-state index is 14.0. The molecular formula is C30H35BrFN3O5S. The molecule has 0 unspecified atom stereocenters. The summed E-state index contributed by atoms with van der Waals surface area (Å²) < 4.78 is 48.3. The summed E-state index contributed by atoms with van der Waals surface area (Å²) in [5.41, 5.74) is 1.80. The van der Waals surface area contributed by atoms with Gasteiger partial charge in [-0.15, -0.1) is 0 Å². The molecule has 0 fully saturated rings. The fourth-order valence-electron chi connectivity index (χ4n) is 4.26. The van der Waals surface area contributed by atoms with Gasteiger partial charge in [-0.05, 0) is 91.1 Å². The van der Waals surface area contributed by atoms with Crippen LogP contribution in [0.15, 0.2) is 76.1 Å². The second kappa shape index (κ2) is 14.0. The Hall–Kier alpha value is -3.44. The van der Waals surface area contributed by atoms with Crippen molar-refractivity contribution < 1.29 is 27.1 Å². The van der Waals surface area contributed by atoms with Crippen molar-refractivity contribution in [2.45, 2.75) is 57.6 Å². The average molecular weight is 649 g/mol. The van der Waals surface area contributed by atoms with Gasteiger partial charge in [0.05, 0.1) is 22.2 Å². The number of carbonyl (C=O) groups excluding carboxylic acids is 2. The van der Waals surface area contributed by atoms with Crippen molar-refractivity contribution in [3.05, 3.63) is 88.1 Å². The Morgan fingerprint density at radius 1 is 1.02 bits per heavy atom. The lowest BCUT2D eigenvalue weighted by Crippen LogP contribution is -2.53. The molecule has 1 atom stereocenters. The predicted octanol–water partition coefficient (Wildman–Crippen LogP) is 5.43. The second-order valence-corrected chi connectivity index (χ2v) is 12.6. The van der Waals surface area contributed by atoms with Crippen LogP contribution in [0.25, 0.3) is 0 Å². The van der Waals surface area contributed by atoms with Crippen molar-refractivity contribution in [3.63, 3.8) is 0 Å². The molecular weight excluding hydrogens is 613 g/mol. The molecule has 8 nitrogen and oxygen atoms in total. The highest BCUT2D eigenvalue weighted by Crippen LogP contribution is 2.31. The van der Waals surface area contributed by atoms with E-state index in [1.807, 2.05) is 20.8 Å². The molecule has 0 radical (unpaired) electrons. The molecule has 2 amide bonds. The topological polar surface area (TPSA) is 96.0 Å². The number of aryl methyl sites for hydroxylation is 1. The van der Waals surface area contributed by atoms with Crippen LogP contribution in [0.2, 0.25) is 0 Å². The highest BCUT2D eigenvalue weighted by atomic mass is 79.9. The Morgan fingerprint density at radius 2 is 1.66 bits per heavy atom. The molecule has 1 N–H and O–H groups in total. The number of nitrogens with one attached hydrogen (secondary N) is 1. The van der Waals surface area contributed by atoms with Gasteiger partial charge in [-0.2, -0.15) is 0 Å². The van der Waals surface area contributed by atoms with E-state index in [1.165, 1.54) is 54.5 Å². The van der Waals surface area contributed by atoms with Crippen LogP contribution in [0.1, 0.15) is 38.3 Å². The molecule has 11 heteroatoms. The van der Waals surface area contributed by atoms with E-state index in [0.29, 0.717) is 15.8 Å². The van der Waals surface area contributed by atoms with Gasteiger partial charge in [0.15, 0.2) is 0 Å². The Balaban J connectivity index is 2.08. The molecule has 0 spiro atoms. The Labute approximate surface area is 249 Å². The Bertz CT molecular complexity index is 1460. The largest absolute Gasteiger partial charge is 0.496 e. The summed E-state index contributed by atoms with van der Waals surface area (Å²) in [6.45, 7) is 6.70. The van der Waals surface area contributed by atoms with Crippen LogP contribution < -0.4 is 14.4 Å². The number of amides is 2. The average Bonchev–Trinajstić information content (AvgIpc) is 2.92. The first-order valence-electron chi connectivity index (χ1n) is 13.1. The molecule has 0 saturated carbocycles. The minimum atomic E-state index is -4.24. The third-order valence-corrected chi connectivity index (χ3v) is 8.78. The number of ether oxygens (including phenoxy) is 1. The lowest BCUT2D eigenvalue weighted by molar-refractivity contribution is -0.140. The van der Waals surface area contributed by atoms with Gasteiger partial charge in [0.1, 0.15) is 24.2 Å². The molecule has 0 saturated heterocycles. The molecule has 3 aromatic carbocycles. The summed E-state index contributed by atoms with van der Waals surface area (Å²) in [5, 5.41) is 2.85. The number of sulfonamides is 1. The smallest absolute Gasteiger partial charge is 0.264 e. The minimum absolute atomic E-state index is 0.0149. The zero-order chi connectivity index (χ0) is 30.3. The van der Waals surface area contributed by atoms with Crippen molar-refractivity contribution in [1.82, 2.24) is 10.2 Å². The Morgan fingerprint density at radius 3 is 2.20 bits per heavy atom. The van der Waals surface area contributed by atoms with Crippen molar-refractivity contribution >= 4 is 43.5 Å². The van der Waals surface area contributed by atoms with E-state index in [9.17, 15) is 22.4 Å². The molecule has 0 aliphatic rings. The van der Waals surface area contributed by atoms with Gasteiger partial charge in [0, 0.05) is 12.6 Å². The lowest BCUT2D eigenvalue weighted by Gasteiger charge is -2.33. The molecule has 220 valence electrons. The number of methoxy groups -OCH3 is 1. The molecule has 0 bridgehead atoms. The molecule has 3 aromatic rings. The van der Waals surface area contributed by atoms with Crippen LogP contribution in [0.4, 0.5) is 10.1 Å². The number of carbonyl (C=O) groups is 2. The summed E-state index contributed by atoms with van der Waals surface area (Å²) in [5.74, 6) is -0.925. The highest BCUT2D eigenvalue weighted by Gasteiger charge is 2.34. The zero-order valence-corrected chi connectivity index (χ0v) is 26.1. The van der Waals surface area contributed by atoms with Crippen LogP contribution >= 0.6 is 15.9 Å². The van der Waals surface area contributed by atoms with Crippen molar-refractivity contribution in [1.29, 1.82) is 0 Å². The van der Waals surface area contributed by atoms with Gasteiger partial charge in [0.25, 0.3) is 10.0 Å². The number of benzene rings is 3. The number of hydrogen-bond acceptors (Lipinski definition) is 5.